The predicted octanol–water partition coefficient (Wildman–Crippen LogP) is 4.80. The fraction of sp³-hybridized carbons (Fsp3) is 0.217. The second-order valence-corrected chi connectivity index (χ2v) is 7.55. The zero-order valence-corrected chi connectivity index (χ0v) is 18.0. The van der Waals surface area contributed by atoms with Gasteiger partial charge in [0.05, 0.1) is 36.1 Å². The number of fused-ring (bicyclic) bond motifs is 1. The fourth-order valence-electron chi connectivity index (χ4n) is 4.16. The van der Waals surface area contributed by atoms with E-state index in [1.54, 1.807) is 44.4 Å². The van der Waals surface area contributed by atoms with Crippen molar-refractivity contribution in [1.29, 1.82) is 0 Å². The summed E-state index contributed by atoms with van der Waals surface area (Å²) in [5.41, 5.74) is 1.27. The van der Waals surface area contributed by atoms with Crippen LogP contribution in [0.5, 0.6) is 23.0 Å². The van der Waals surface area contributed by atoms with Crippen LogP contribution in [-0.4, -0.2) is 29.2 Å². The zero-order chi connectivity index (χ0) is 23.9. The Balaban J connectivity index is 1.96. The molecule has 0 saturated carbocycles. The summed E-state index contributed by atoms with van der Waals surface area (Å²) in [5.74, 6) is 0.504. The van der Waals surface area contributed by atoms with Crippen molar-refractivity contribution in [2.24, 2.45) is 0 Å². The largest absolute Gasteiger partial charge is 0.504 e. The van der Waals surface area contributed by atoms with Crippen molar-refractivity contribution in [1.82, 2.24) is 0 Å². The van der Waals surface area contributed by atoms with Gasteiger partial charge in [0, 0.05) is 29.3 Å². The van der Waals surface area contributed by atoms with E-state index in [1.807, 2.05) is 0 Å². The number of nitro benzene ring substituents is 2. The topological polar surface area (TPSA) is 134 Å². The molecule has 0 spiro atoms. The van der Waals surface area contributed by atoms with E-state index in [2.05, 4.69) is 0 Å². The molecule has 0 aromatic heterocycles. The molecule has 4 rings (SSSR count). The van der Waals surface area contributed by atoms with E-state index in [0.717, 1.165) is 11.6 Å². The number of hydrogen-bond acceptors (Lipinski definition) is 8. The van der Waals surface area contributed by atoms with Crippen LogP contribution in [-0.2, 0) is 0 Å². The van der Waals surface area contributed by atoms with Crippen molar-refractivity contribution < 1.29 is 29.2 Å². The van der Waals surface area contributed by atoms with E-state index < -0.39 is 33.2 Å². The van der Waals surface area contributed by atoms with Gasteiger partial charge in [-0.1, -0.05) is 12.1 Å². The lowest BCUT2D eigenvalue weighted by Crippen LogP contribution is -2.12. The maximum Gasteiger partial charge on any atom is 0.276 e. The standard InChI is InChI=1S/C23H20N2O8/c1-12-20-18(11-19(32-3)22(12)26)33-23(13-4-6-17(31-2)7-5-13)21(20)14-8-15(24(27)28)10-16(9-14)25(29)30/h4-11,21,23,26H,1-3H3/t21-,23+/m0/s1. The van der Waals surface area contributed by atoms with Crippen molar-refractivity contribution >= 4 is 11.4 Å². The minimum atomic E-state index is -0.673. The van der Waals surface area contributed by atoms with Gasteiger partial charge in [0.2, 0.25) is 0 Å². The number of methoxy groups -OCH3 is 2. The number of ether oxygens (including phenoxy) is 3. The summed E-state index contributed by atoms with van der Waals surface area (Å²) in [6.07, 6.45) is -0.669. The SMILES string of the molecule is COc1ccc([C@H]2Oc3cc(OC)c(O)c(C)c3[C@@H]2c2cc([N+](=O)[O-])cc([N+](=O)[O-])c2)cc1. The second kappa shape index (κ2) is 8.30. The van der Waals surface area contributed by atoms with Gasteiger partial charge in [-0.15, -0.1) is 0 Å². The molecule has 1 aliphatic heterocycles. The molecule has 3 aromatic carbocycles. The lowest BCUT2D eigenvalue weighted by atomic mass is 9.82. The van der Waals surface area contributed by atoms with Gasteiger partial charge in [0.25, 0.3) is 11.4 Å². The van der Waals surface area contributed by atoms with Gasteiger partial charge < -0.3 is 19.3 Å². The molecule has 0 unspecified atom stereocenters. The molecule has 33 heavy (non-hydrogen) atoms. The number of nitro groups is 2. The Morgan fingerprint density at radius 1 is 0.909 bits per heavy atom. The van der Waals surface area contributed by atoms with Crippen molar-refractivity contribution in [2.75, 3.05) is 14.2 Å². The van der Waals surface area contributed by atoms with E-state index >= 15 is 0 Å². The normalized spacial score (nSPS) is 16.6. The molecular formula is C23H20N2O8. The van der Waals surface area contributed by atoms with E-state index in [1.165, 1.54) is 19.2 Å². The van der Waals surface area contributed by atoms with Gasteiger partial charge in [-0.2, -0.15) is 0 Å². The maximum atomic E-state index is 11.5. The Kier molecular flexibility index (Phi) is 5.50. The van der Waals surface area contributed by atoms with E-state index in [4.69, 9.17) is 14.2 Å². The quantitative estimate of drug-likeness (QED) is 0.416. The number of benzene rings is 3. The lowest BCUT2D eigenvalue weighted by molar-refractivity contribution is -0.394. The minimum Gasteiger partial charge on any atom is -0.504 e. The third kappa shape index (κ3) is 3.75. The number of rotatable bonds is 6. The molecule has 0 amide bonds. The van der Waals surface area contributed by atoms with Crippen LogP contribution < -0.4 is 14.2 Å². The molecule has 1 heterocycles. The van der Waals surface area contributed by atoms with Gasteiger partial charge in [-0.3, -0.25) is 20.2 Å². The van der Waals surface area contributed by atoms with Crippen LogP contribution in [0.4, 0.5) is 11.4 Å². The van der Waals surface area contributed by atoms with Gasteiger partial charge in [-0.05, 0) is 30.2 Å². The molecule has 0 aliphatic carbocycles. The zero-order valence-electron chi connectivity index (χ0n) is 18.0. The second-order valence-electron chi connectivity index (χ2n) is 7.55. The summed E-state index contributed by atoms with van der Waals surface area (Å²) in [7, 11) is 2.96. The Morgan fingerprint density at radius 3 is 2.03 bits per heavy atom. The van der Waals surface area contributed by atoms with Crippen LogP contribution in [0.1, 0.15) is 34.3 Å². The van der Waals surface area contributed by atoms with Crippen LogP contribution in [0.25, 0.3) is 0 Å². The van der Waals surface area contributed by atoms with Gasteiger partial charge in [0.15, 0.2) is 11.5 Å². The first-order valence-corrected chi connectivity index (χ1v) is 9.90. The lowest BCUT2D eigenvalue weighted by Gasteiger charge is -2.21. The summed E-state index contributed by atoms with van der Waals surface area (Å²) >= 11 is 0. The molecular weight excluding hydrogens is 432 g/mol. The number of nitrogens with zero attached hydrogens (tertiary/aromatic N) is 2. The average molecular weight is 452 g/mol. The minimum absolute atomic E-state index is 0.0971. The Labute approximate surface area is 188 Å². The molecule has 1 aliphatic rings. The van der Waals surface area contributed by atoms with E-state index in [0.29, 0.717) is 28.2 Å². The monoisotopic (exact) mass is 452 g/mol. The summed E-state index contributed by atoms with van der Waals surface area (Å²) in [6, 6.07) is 12.1. The van der Waals surface area contributed by atoms with Gasteiger partial charge in [0.1, 0.15) is 17.6 Å². The van der Waals surface area contributed by atoms with Crippen molar-refractivity contribution in [2.45, 2.75) is 18.9 Å². The van der Waals surface area contributed by atoms with Crippen LogP contribution >= 0.6 is 0 Å². The third-order valence-electron chi connectivity index (χ3n) is 5.76. The highest BCUT2D eigenvalue weighted by molar-refractivity contribution is 5.63. The number of phenols is 1. The van der Waals surface area contributed by atoms with Crippen LogP contribution in [0.2, 0.25) is 0 Å². The molecule has 0 radical (unpaired) electrons. The highest BCUT2D eigenvalue weighted by Crippen LogP contribution is 2.55. The Morgan fingerprint density at radius 2 is 1.52 bits per heavy atom. The first-order valence-electron chi connectivity index (χ1n) is 9.90. The summed E-state index contributed by atoms with van der Waals surface area (Å²) in [6.45, 7) is 1.68. The highest BCUT2D eigenvalue weighted by atomic mass is 16.6. The Hall–Kier alpha value is -4.34. The van der Waals surface area contributed by atoms with Crippen molar-refractivity contribution in [3.05, 3.63) is 91.0 Å². The average Bonchev–Trinajstić information content (AvgIpc) is 3.20. The summed E-state index contributed by atoms with van der Waals surface area (Å²) in [5, 5.41) is 33.6. The number of hydrogen-bond donors (Lipinski definition) is 1. The predicted molar refractivity (Wildman–Crippen MR) is 117 cm³/mol. The molecule has 10 heteroatoms. The van der Waals surface area contributed by atoms with Gasteiger partial charge >= 0.3 is 0 Å². The first kappa shape index (κ1) is 21.9. The molecule has 0 bridgehead atoms. The van der Waals surface area contributed by atoms with Crippen LogP contribution in [0.3, 0.4) is 0 Å². The maximum absolute atomic E-state index is 11.5. The summed E-state index contributed by atoms with van der Waals surface area (Å²) < 4.78 is 16.7. The molecule has 0 saturated heterocycles. The number of phenolic OH excluding ortho intramolecular Hbond substituents is 1. The van der Waals surface area contributed by atoms with E-state index in [-0.39, 0.29) is 11.5 Å². The van der Waals surface area contributed by atoms with Crippen LogP contribution in [0.15, 0.2) is 48.5 Å². The van der Waals surface area contributed by atoms with Crippen LogP contribution in [0, 0.1) is 27.2 Å². The molecule has 1 N–H and O–H groups in total. The third-order valence-corrected chi connectivity index (χ3v) is 5.76. The number of non-ortho nitro benzene ring substituents is 2. The molecule has 3 aromatic rings. The van der Waals surface area contributed by atoms with Crippen molar-refractivity contribution in [3.8, 4) is 23.0 Å². The molecule has 2 atom stereocenters. The molecule has 170 valence electrons. The van der Waals surface area contributed by atoms with E-state index in [9.17, 15) is 25.3 Å². The summed E-state index contributed by atoms with van der Waals surface area (Å²) in [4.78, 5) is 21.6. The van der Waals surface area contributed by atoms with Crippen molar-refractivity contribution in [3.63, 3.8) is 0 Å². The van der Waals surface area contributed by atoms with Gasteiger partial charge in [-0.25, -0.2) is 0 Å². The fourth-order valence-corrected chi connectivity index (χ4v) is 4.16. The highest BCUT2D eigenvalue weighted by Gasteiger charge is 2.41. The Bertz CT molecular complexity index is 1220. The first-order chi connectivity index (χ1) is 15.7. The number of aromatic hydroxyl groups is 1. The smallest absolute Gasteiger partial charge is 0.276 e. The molecule has 0 fully saturated rings. The molecule has 10 nitrogen and oxygen atoms in total.